The third kappa shape index (κ3) is 17.3. The van der Waals surface area contributed by atoms with Gasteiger partial charge in [0.2, 0.25) is 0 Å². The van der Waals surface area contributed by atoms with E-state index in [2.05, 4.69) is 31.2 Å². The molecule has 0 saturated heterocycles. The van der Waals surface area contributed by atoms with Gasteiger partial charge in [-0.2, -0.15) is 0 Å². The van der Waals surface area contributed by atoms with E-state index in [1.54, 1.807) is 0 Å². The van der Waals surface area contributed by atoms with Gasteiger partial charge in [0, 0.05) is 19.8 Å². The Morgan fingerprint density at radius 3 is 1.68 bits per heavy atom. The van der Waals surface area contributed by atoms with Crippen molar-refractivity contribution in [1.29, 1.82) is 0 Å². The van der Waals surface area contributed by atoms with Crippen molar-refractivity contribution in [2.24, 2.45) is 0 Å². The van der Waals surface area contributed by atoms with Gasteiger partial charge in [-0.3, -0.25) is 0 Å². The van der Waals surface area contributed by atoms with E-state index < -0.39 is 0 Å². The Balaban J connectivity index is 0. The Hall–Kier alpha value is 0.140. The van der Waals surface area contributed by atoms with E-state index in [1.165, 1.54) is 76.2 Å². The molecule has 0 spiro atoms. The van der Waals surface area contributed by atoms with Gasteiger partial charge in [0.05, 0.1) is 6.61 Å². The normalized spacial score (nSPS) is 10.6. The first-order chi connectivity index (χ1) is 11.9. The van der Waals surface area contributed by atoms with Gasteiger partial charge < -0.3 is 10.9 Å². The number of ether oxygens (including phenoxy) is 2. The molecule has 0 aliphatic rings. The second kappa shape index (κ2) is 20.5. The molecule has 1 rings (SSSR count). The number of benzene rings is 1. The third-order valence-corrected chi connectivity index (χ3v) is 4.33. The Labute approximate surface area is 179 Å². The number of unbranched alkanes of at least 4 members (excludes halogenated alkanes) is 9. The predicted octanol–water partition coefficient (Wildman–Crippen LogP) is 3.65. The van der Waals surface area contributed by atoms with Crippen LogP contribution < -0.4 is 29.6 Å². The second-order valence-corrected chi connectivity index (χ2v) is 6.69. The fourth-order valence-corrected chi connectivity index (χ4v) is 2.79. The van der Waals surface area contributed by atoms with Crippen molar-refractivity contribution in [2.75, 3.05) is 19.8 Å². The van der Waals surface area contributed by atoms with Crippen LogP contribution in [0.5, 0.6) is 0 Å². The van der Waals surface area contributed by atoms with Crippen LogP contribution in [0.1, 0.15) is 84.5 Å². The molecule has 0 aliphatic carbocycles. The van der Waals surface area contributed by atoms with Crippen molar-refractivity contribution < 1.29 is 40.5 Å². The summed E-state index contributed by atoms with van der Waals surface area (Å²) in [4.78, 5) is 0. The Bertz CT molecular complexity index is 362. The number of hydrogen-bond donors (Lipinski definition) is 0. The largest absolute Gasteiger partial charge is 1.00 e. The average molecular weight is 359 g/mol. The Kier molecular flexibility index (Phi) is 20.6. The topological polar surface area (TPSA) is 18.5 Å². The molecule has 1 aromatic carbocycles. The number of hydrogen-bond acceptors (Lipinski definition) is 2. The van der Waals surface area contributed by atoms with Crippen LogP contribution in [0.25, 0.3) is 0 Å². The molecule has 25 heavy (non-hydrogen) atoms. The van der Waals surface area contributed by atoms with Crippen molar-refractivity contribution in [3.8, 4) is 0 Å². The Morgan fingerprint density at radius 1 is 0.640 bits per heavy atom. The van der Waals surface area contributed by atoms with E-state index in [-0.39, 0.29) is 31.0 Å². The second-order valence-electron chi connectivity index (χ2n) is 6.69. The van der Waals surface area contributed by atoms with Gasteiger partial charge in [0.1, 0.15) is 0 Å². The van der Waals surface area contributed by atoms with E-state index in [4.69, 9.17) is 9.47 Å². The molecule has 0 aromatic heterocycles. The molecule has 0 saturated carbocycles. The molecule has 3 heteroatoms. The summed E-state index contributed by atoms with van der Waals surface area (Å²) in [6, 6.07) is 10.4. The van der Waals surface area contributed by atoms with E-state index in [1.807, 2.05) is 6.07 Å². The van der Waals surface area contributed by atoms with Crippen LogP contribution in [0, 0.1) is 0 Å². The van der Waals surface area contributed by atoms with Gasteiger partial charge in [-0.25, -0.2) is 0 Å². The zero-order valence-electron chi connectivity index (χ0n) is 17.8. The fourth-order valence-electron chi connectivity index (χ4n) is 2.79. The van der Waals surface area contributed by atoms with Gasteiger partial charge in [-0.15, -0.1) is 0 Å². The van der Waals surface area contributed by atoms with Crippen LogP contribution in [0.3, 0.4) is 0 Å². The van der Waals surface area contributed by atoms with E-state index in [9.17, 15) is 0 Å². The monoisotopic (exact) mass is 358 g/mol. The van der Waals surface area contributed by atoms with Crippen LogP contribution in [0.4, 0.5) is 0 Å². The molecular formula is C22H39NaO2. The van der Waals surface area contributed by atoms with Crippen LogP contribution in [-0.4, -0.2) is 19.8 Å². The SMILES string of the molecule is CCCCCCOCCCCCCCCCOCc1ccccc1.[H-].[Na+]. The first-order valence-electron chi connectivity index (χ1n) is 10.1. The fraction of sp³-hybridized carbons (Fsp3) is 0.727. The van der Waals surface area contributed by atoms with E-state index >= 15 is 0 Å². The molecule has 0 bridgehead atoms. The zero-order valence-corrected chi connectivity index (χ0v) is 18.8. The van der Waals surface area contributed by atoms with Gasteiger partial charge in [-0.1, -0.05) is 88.6 Å². The smallest absolute Gasteiger partial charge is 1.00 e. The number of rotatable bonds is 17. The maximum atomic E-state index is 5.71. The summed E-state index contributed by atoms with van der Waals surface area (Å²) in [6.45, 7) is 5.81. The van der Waals surface area contributed by atoms with Crippen molar-refractivity contribution in [3.63, 3.8) is 0 Å². The van der Waals surface area contributed by atoms with Crippen LogP contribution in [0.15, 0.2) is 30.3 Å². The molecule has 0 N–H and O–H groups in total. The van der Waals surface area contributed by atoms with Gasteiger partial charge in [-0.05, 0) is 24.8 Å². The van der Waals surface area contributed by atoms with E-state index in [0.717, 1.165) is 26.4 Å². The maximum absolute atomic E-state index is 5.71. The van der Waals surface area contributed by atoms with Crippen molar-refractivity contribution in [3.05, 3.63) is 35.9 Å². The first kappa shape index (κ1) is 25.1. The molecule has 140 valence electrons. The zero-order chi connectivity index (χ0) is 17.1. The van der Waals surface area contributed by atoms with Crippen molar-refractivity contribution >= 4 is 0 Å². The molecule has 0 unspecified atom stereocenters. The predicted molar refractivity (Wildman–Crippen MR) is 104 cm³/mol. The van der Waals surface area contributed by atoms with Crippen LogP contribution in [-0.2, 0) is 16.1 Å². The Morgan fingerprint density at radius 2 is 1.12 bits per heavy atom. The molecule has 0 fully saturated rings. The molecule has 0 amide bonds. The molecule has 2 nitrogen and oxygen atoms in total. The van der Waals surface area contributed by atoms with Crippen LogP contribution in [0.2, 0.25) is 0 Å². The molecular weight excluding hydrogens is 319 g/mol. The molecule has 0 atom stereocenters. The summed E-state index contributed by atoms with van der Waals surface area (Å²) < 4.78 is 11.4. The molecule has 0 heterocycles. The average Bonchev–Trinajstić information content (AvgIpc) is 2.62. The summed E-state index contributed by atoms with van der Waals surface area (Å²) in [7, 11) is 0. The molecule has 1 aromatic rings. The minimum atomic E-state index is 0. The quantitative estimate of drug-likeness (QED) is 0.313. The molecule has 0 radical (unpaired) electrons. The maximum Gasteiger partial charge on any atom is 1.00 e. The van der Waals surface area contributed by atoms with Gasteiger partial charge in [0.25, 0.3) is 0 Å². The molecule has 0 aliphatic heterocycles. The minimum Gasteiger partial charge on any atom is -1.00 e. The minimum absolute atomic E-state index is 0. The summed E-state index contributed by atoms with van der Waals surface area (Å²) in [5.74, 6) is 0. The summed E-state index contributed by atoms with van der Waals surface area (Å²) >= 11 is 0. The standard InChI is InChI=1S/C22H38O2.Na.H/c1-2-3-4-13-18-23-19-14-8-6-5-7-9-15-20-24-21-22-16-11-10-12-17-22;;/h10-12,16-17H,2-9,13-15,18-21H2,1H3;;/q;+1;-1. The first-order valence-corrected chi connectivity index (χ1v) is 10.1. The van der Waals surface area contributed by atoms with Crippen molar-refractivity contribution in [2.45, 2.75) is 84.2 Å². The van der Waals surface area contributed by atoms with Crippen molar-refractivity contribution in [1.82, 2.24) is 0 Å². The summed E-state index contributed by atoms with van der Waals surface area (Å²) in [6.07, 6.45) is 14.3. The van der Waals surface area contributed by atoms with Gasteiger partial charge in [0.15, 0.2) is 0 Å². The third-order valence-electron chi connectivity index (χ3n) is 4.33. The van der Waals surface area contributed by atoms with Gasteiger partial charge >= 0.3 is 29.6 Å². The summed E-state index contributed by atoms with van der Waals surface area (Å²) in [5, 5.41) is 0. The van der Waals surface area contributed by atoms with Crippen LogP contribution >= 0.6 is 0 Å². The van der Waals surface area contributed by atoms with E-state index in [0.29, 0.717) is 0 Å². The summed E-state index contributed by atoms with van der Waals surface area (Å²) in [5.41, 5.74) is 1.27.